The van der Waals surface area contributed by atoms with Crippen molar-refractivity contribution < 1.29 is 17.9 Å². The number of amides is 1. The lowest BCUT2D eigenvalue weighted by atomic mass is 10.1. The van der Waals surface area contributed by atoms with E-state index in [1.807, 2.05) is 19.1 Å². The predicted octanol–water partition coefficient (Wildman–Crippen LogP) is 1.41. The first-order chi connectivity index (χ1) is 11.4. The van der Waals surface area contributed by atoms with Gasteiger partial charge in [0.2, 0.25) is 9.47 Å². The number of ether oxygens (including phenoxy) is 1. The Labute approximate surface area is 144 Å². The van der Waals surface area contributed by atoms with Crippen molar-refractivity contribution in [3.05, 3.63) is 35.4 Å². The molecule has 1 aromatic heterocycles. The quantitative estimate of drug-likeness (QED) is 0.537. The summed E-state index contributed by atoms with van der Waals surface area (Å²) in [6.45, 7) is 2.61. The number of carbonyl (C=O) groups is 1. The van der Waals surface area contributed by atoms with Crippen LogP contribution < -0.4 is 10.0 Å². The van der Waals surface area contributed by atoms with E-state index in [0.717, 1.165) is 16.9 Å². The Balaban J connectivity index is 1.99. The molecule has 0 radical (unpaired) electrons. The van der Waals surface area contributed by atoms with Crippen LogP contribution in [-0.2, 0) is 14.8 Å². The van der Waals surface area contributed by atoms with Crippen LogP contribution in [0, 0.1) is 6.92 Å². The number of hydrogen-bond acceptors (Lipinski definition) is 7. The highest BCUT2D eigenvalue weighted by atomic mass is 32.2. The SMILES string of the molecule is COCCCNS(=O)(=O)c1nnc(NC(=O)c2ccc(C)cc2)s1. The predicted molar refractivity (Wildman–Crippen MR) is 90.7 cm³/mol. The third-order valence-electron chi connectivity index (χ3n) is 2.99. The molecule has 2 rings (SSSR count). The molecule has 0 bridgehead atoms. The van der Waals surface area contributed by atoms with Gasteiger partial charge in [0.1, 0.15) is 0 Å². The topological polar surface area (TPSA) is 110 Å². The number of aryl methyl sites for hydroxylation is 1. The highest BCUT2D eigenvalue weighted by Crippen LogP contribution is 2.20. The summed E-state index contributed by atoms with van der Waals surface area (Å²) < 4.78 is 31.1. The van der Waals surface area contributed by atoms with Crippen molar-refractivity contribution in [2.75, 3.05) is 25.6 Å². The standard InChI is InChI=1S/C14H18N4O4S2/c1-10-4-6-11(7-5-10)12(19)16-13-17-18-14(23-13)24(20,21)15-8-3-9-22-2/h4-7,15H,3,8-9H2,1-2H3,(H,16,17,19). The molecule has 0 atom stereocenters. The molecule has 0 aliphatic carbocycles. The van der Waals surface area contributed by atoms with Crippen LogP contribution in [0.3, 0.4) is 0 Å². The molecule has 8 nitrogen and oxygen atoms in total. The number of carbonyl (C=O) groups excluding carboxylic acids is 1. The monoisotopic (exact) mass is 370 g/mol. The molecule has 0 aliphatic heterocycles. The van der Waals surface area contributed by atoms with Crippen LogP contribution >= 0.6 is 11.3 Å². The number of aromatic nitrogens is 2. The van der Waals surface area contributed by atoms with E-state index in [4.69, 9.17) is 4.74 Å². The van der Waals surface area contributed by atoms with Gasteiger partial charge in [-0.3, -0.25) is 10.1 Å². The van der Waals surface area contributed by atoms with Crippen LogP contribution in [0.4, 0.5) is 5.13 Å². The van der Waals surface area contributed by atoms with E-state index in [-0.39, 0.29) is 21.9 Å². The Hall–Kier alpha value is -1.88. The zero-order chi connectivity index (χ0) is 17.6. The van der Waals surface area contributed by atoms with E-state index >= 15 is 0 Å². The van der Waals surface area contributed by atoms with Gasteiger partial charge in [0.05, 0.1) is 0 Å². The van der Waals surface area contributed by atoms with Crippen molar-refractivity contribution in [3.63, 3.8) is 0 Å². The van der Waals surface area contributed by atoms with Crippen LogP contribution in [0.5, 0.6) is 0 Å². The minimum absolute atomic E-state index is 0.123. The summed E-state index contributed by atoms with van der Waals surface area (Å²) in [5, 5.41) is 9.99. The molecule has 0 saturated heterocycles. The van der Waals surface area contributed by atoms with Crippen molar-refractivity contribution in [2.45, 2.75) is 17.7 Å². The molecule has 2 aromatic rings. The van der Waals surface area contributed by atoms with E-state index in [1.165, 1.54) is 0 Å². The van der Waals surface area contributed by atoms with Gasteiger partial charge in [-0.2, -0.15) is 0 Å². The number of nitrogens with one attached hydrogen (secondary N) is 2. The van der Waals surface area contributed by atoms with Gasteiger partial charge >= 0.3 is 0 Å². The molecule has 2 N–H and O–H groups in total. The number of sulfonamides is 1. The molecular weight excluding hydrogens is 352 g/mol. The van der Waals surface area contributed by atoms with Gasteiger partial charge in [-0.25, -0.2) is 13.1 Å². The largest absolute Gasteiger partial charge is 0.385 e. The average Bonchev–Trinajstić information content (AvgIpc) is 3.01. The summed E-state index contributed by atoms with van der Waals surface area (Å²) in [4.78, 5) is 12.1. The zero-order valence-electron chi connectivity index (χ0n) is 13.3. The second kappa shape index (κ2) is 8.29. The van der Waals surface area contributed by atoms with Gasteiger partial charge < -0.3 is 4.74 Å². The number of benzene rings is 1. The maximum Gasteiger partial charge on any atom is 0.269 e. The van der Waals surface area contributed by atoms with Gasteiger partial charge in [0.25, 0.3) is 15.9 Å². The van der Waals surface area contributed by atoms with E-state index in [9.17, 15) is 13.2 Å². The number of methoxy groups -OCH3 is 1. The van der Waals surface area contributed by atoms with Crippen LogP contribution in [0.2, 0.25) is 0 Å². The third-order valence-corrected chi connectivity index (χ3v) is 5.66. The Morgan fingerprint density at radius 2 is 1.96 bits per heavy atom. The lowest BCUT2D eigenvalue weighted by Crippen LogP contribution is -2.25. The number of anilines is 1. The number of rotatable bonds is 8. The first-order valence-electron chi connectivity index (χ1n) is 7.12. The molecule has 10 heteroatoms. The zero-order valence-corrected chi connectivity index (χ0v) is 14.9. The van der Waals surface area contributed by atoms with Gasteiger partial charge in [0, 0.05) is 25.8 Å². The van der Waals surface area contributed by atoms with Gasteiger partial charge in [-0.1, -0.05) is 29.0 Å². The van der Waals surface area contributed by atoms with Crippen LogP contribution in [0.1, 0.15) is 22.3 Å². The summed E-state index contributed by atoms with van der Waals surface area (Å²) in [6.07, 6.45) is 0.547. The summed E-state index contributed by atoms with van der Waals surface area (Å²) in [5.41, 5.74) is 1.49. The fourth-order valence-electron chi connectivity index (χ4n) is 1.73. The van der Waals surface area contributed by atoms with Crippen molar-refractivity contribution in [3.8, 4) is 0 Å². The molecule has 1 aromatic carbocycles. The van der Waals surface area contributed by atoms with Crippen molar-refractivity contribution in [1.29, 1.82) is 0 Å². The number of hydrogen-bond donors (Lipinski definition) is 2. The summed E-state index contributed by atoms with van der Waals surface area (Å²) in [5.74, 6) is -0.372. The Kier molecular flexibility index (Phi) is 6.37. The third kappa shape index (κ3) is 5.06. The molecule has 1 amide bonds. The molecule has 24 heavy (non-hydrogen) atoms. The lowest BCUT2D eigenvalue weighted by molar-refractivity contribution is 0.102. The van der Waals surface area contributed by atoms with E-state index in [1.54, 1.807) is 19.2 Å². The van der Waals surface area contributed by atoms with E-state index in [0.29, 0.717) is 18.6 Å². The maximum absolute atomic E-state index is 12.1. The highest BCUT2D eigenvalue weighted by Gasteiger charge is 2.20. The molecule has 0 unspecified atom stereocenters. The van der Waals surface area contributed by atoms with E-state index in [2.05, 4.69) is 20.2 Å². The highest BCUT2D eigenvalue weighted by molar-refractivity contribution is 7.91. The summed E-state index contributed by atoms with van der Waals surface area (Å²) >= 11 is 0.794. The molecule has 0 fully saturated rings. The normalized spacial score (nSPS) is 11.4. The second-order valence-electron chi connectivity index (χ2n) is 4.94. The van der Waals surface area contributed by atoms with Crippen molar-refractivity contribution >= 4 is 32.4 Å². The maximum atomic E-state index is 12.1. The van der Waals surface area contributed by atoms with Gasteiger partial charge in [-0.15, -0.1) is 10.2 Å². The van der Waals surface area contributed by atoms with Crippen LogP contribution in [-0.4, -0.2) is 44.8 Å². The van der Waals surface area contributed by atoms with E-state index < -0.39 is 10.0 Å². The summed E-state index contributed by atoms with van der Waals surface area (Å²) in [7, 11) is -2.19. The molecule has 130 valence electrons. The Bertz CT molecular complexity index is 787. The Morgan fingerprint density at radius 1 is 1.25 bits per heavy atom. The molecular formula is C14H18N4O4S2. The van der Waals surface area contributed by atoms with Gasteiger partial charge in [0.15, 0.2) is 0 Å². The average molecular weight is 370 g/mol. The first kappa shape index (κ1) is 18.5. The summed E-state index contributed by atoms with van der Waals surface area (Å²) in [6, 6.07) is 6.99. The second-order valence-corrected chi connectivity index (χ2v) is 7.86. The fraction of sp³-hybridized carbons (Fsp3) is 0.357. The molecule has 0 aliphatic rings. The first-order valence-corrected chi connectivity index (χ1v) is 9.42. The number of nitrogens with zero attached hydrogens (tertiary/aromatic N) is 2. The molecule has 0 saturated carbocycles. The van der Waals surface area contributed by atoms with Crippen molar-refractivity contribution in [1.82, 2.24) is 14.9 Å². The molecule has 0 spiro atoms. The smallest absolute Gasteiger partial charge is 0.269 e. The van der Waals surface area contributed by atoms with Gasteiger partial charge in [-0.05, 0) is 25.5 Å². The fourth-order valence-corrected chi connectivity index (χ4v) is 3.74. The minimum atomic E-state index is -3.74. The van der Waals surface area contributed by atoms with Crippen molar-refractivity contribution in [2.24, 2.45) is 0 Å². The lowest BCUT2D eigenvalue weighted by Gasteiger charge is -2.02. The minimum Gasteiger partial charge on any atom is -0.385 e. The Morgan fingerprint density at radius 3 is 2.62 bits per heavy atom. The van der Waals surface area contributed by atoms with Crippen LogP contribution in [0.15, 0.2) is 28.6 Å². The molecule has 1 heterocycles. The van der Waals surface area contributed by atoms with Crippen LogP contribution in [0.25, 0.3) is 0 Å².